The van der Waals surface area contributed by atoms with E-state index in [-0.39, 0.29) is 29.7 Å². The van der Waals surface area contributed by atoms with E-state index in [2.05, 4.69) is 10.2 Å². The summed E-state index contributed by atoms with van der Waals surface area (Å²) < 4.78 is 14.4. The number of hydrogen-bond acceptors (Lipinski definition) is 3. The third-order valence-electron chi connectivity index (χ3n) is 5.57. The lowest BCUT2D eigenvalue weighted by Crippen LogP contribution is -2.38. The monoisotopic (exact) mass is 367 g/mol. The van der Waals surface area contributed by atoms with Gasteiger partial charge in [0, 0.05) is 29.6 Å². The van der Waals surface area contributed by atoms with Crippen LogP contribution in [-0.4, -0.2) is 36.5 Å². The minimum atomic E-state index is -0.309. The van der Waals surface area contributed by atoms with Gasteiger partial charge in [0.05, 0.1) is 6.04 Å². The number of amides is 1. The van der Waals surface area contributed by atoms with E-state index in [4.69, 9.17) is 17.3 Å². The molecule has 1 aliphatic heterocycles. The number of nitrogens with one attached hydrogen (secondary N) is 1. The van der Waals surface area contributed by atoms with Crippen molar-refractivity contribution < 1.29 is 9.18 Å². The standard InChI is InChI=1S/C19H27ClFN3O/c20-14-6-4-7-15(21)19(14)17(24-9-1-2-10-24)12-23-18(25)11-13-5-3-8-16(13)22/h4,6-7,13,16-17H,1-3,5,8-12,22H2,(H,23,25)/t13-,16+,17?/m0/s1. The number of nitrogens with zero attached hydrogens (tertiary/aromatic N) is 1. The Bertz CT molecular complexity index is 586. The second-order valence-electron chi connectivity index (χ2n) is 7.26. The molecule has 1 heterocycles. The summed E-state index contributed by atoms with van der Waals surface area (Å²) in [6.45, 7) is 2.18. The fraction of sp³-hybridized carbons (Fsp3) is 0.632. The minimum absolute atomic E-state index is 0.000918. The summed E-state index contributed by atoms with van der Waals surface area (Å²) in [6, 6.07) is 4.66. The average molecular weight is 368 g/mol. The van der Waals surface area contributed by atoms with Crippen LogP contribution in [-0.2, 0) is 4.79 Å². The predicted octanol–water partition coefficient (Wildman–Crippen LogP) is 3.25. The van der Waals surface area contributed by atoms with Crippen LogP contribution in [0.15, 0.2) is 18.2 Å². The number of halogens is 2. The SMILES string of the molecule is N[C@@H]1CCC[C@H]1CC(=O)NCC(c1c(F)cccc1Cl)N1CCCC1. The third-order valence-corrected chi connectivity index (χ3v) is 5.90. The van der Waals surface area contributed by atoms with Crippen LogP contribution in [0.25, 0.3) is 0 Å². The van der Waals surface area contributed by atoms with E-state index < -0.39 is 0 Å². The fourth-order valence-electron chi connectivity index (χ4n) is 4.14. The van der Waals surface area contributed by atoms with Gasteiger partial charge in [-0.25, -0.2) is 4.39 Å². The highest BCUT2D eigenvalue weighted by molar-refractivity contribution is 6.31. The van der Waals surface area contributed by atoms with Crippen LogP contribution >= 0.6 is 11.6 Å². The van der Waals surface area contributed by atoms with Crippen molar-refractivity contribution >= 4 is 17.5 Å². The van der Waals surface area contributed by atoms with Gasteiger partial charge in [0.2, 0.25) is 5.91 Å². The molecule has 1 amide bonds. The topological polar surface area (TPSA) is 58.4 Å². The van der Waals surface area contributed by atoms with Crippen molar-refractivity contribution in [3.63, 3.8) is 0 Å². The van der Waals surface area contributed by atoms with Gasteiger partial charge >= 0.3 is 0 Å². The van der Waals surface area contributed by atoms with Gasteiger partial charge in [0.15, 0.2) is 0 Å². The minimum Gasteiger partial charge on any atom is -0.354 e. The van der Waals surface area contributed by atoms with Crippen molar-refractivity contribution in [2.24, 2.45) is 11.7 Å². The predicted molar refractivity (Wildman–Crippen MR) is 97.9 cm³/mol. The molecule has 3 atom stereocenters. The Kier molecular flexibility index (Phi) is 6.31. The smallest absolute Gasteiger partial charge is 0.220 e. The molecule has 0 spiro atoms. The quantitative estimate of drug-likeness (QED) is 0.811. The van der Waals surface area contributed by atoms with E-state index in [0.717, 1.165) is 45.2 Å². The van der Waals surface area contributed by atoms with Crippen LogP contribution < -0.4 is 11.1 Å². The van der Waals surface area contributed by atoms with E-state index in [9.17, 15) is 9.18 Å². The molecular weight excluding hydrogens is 341 g/mol. The molecule has 1 saturated carbocycles. The molecule has 6 heteroatoms. The van der Waals surface area contributed by atoms with Gasteiger partial charge in [-0.1, -0.05) is 24.1 Å². The Balaban J connectivity index is 1.67. The van der Waals surface area contributed by atoms with Crippen molar-refractivity contribution in [1.29, 1.82) is 0 Å². The molecule has 1 aliphatic carbocycles. The molecule has 138 valence electrons. The lowest BCUT2D eigenvalue weighted by molar-refractivity contribution is -0.122. The normalized spacial score (nSPS) is 25.2. The first kappa shape index (κ1) is 18.6. The molecule has 2 aliphatic rings. The summed E-state index contributed by atoms with van der Waals surface area (Å²) >= 11 is 6.28. The van der Waals surface area contributed by atoms with Crippen molar-refractivity contribution in [3.8, 4) is 0 Å². The number of rotatable bonds is 6. The Hall–Kier alpha value is -1.17. The molecule has 1 saturated heterocycles. The van der Waals surface area contributed by atoms with Crippen molar-refractivity contribution in [2.75, 3.05) is 19.6 Å². The molecule has 0 bridgehead atoms. The van der Waals surface area contributed by atoms with E-state index in [1.807, 2.05) is 0 Å². The lowest BCUT2D eigenvalue weighted by atomic mass is 9.99. The molecule has 2 fully saturated rings. The number of benzene rings is 1. The summed E-state index contributed by atoms with van der Waals surface area (Å²) in [5.74, 6) is -0.0437. The van der Waals surface area contributed by atoms with Gasteiger partial charge in [0.25, 0.3) is 0 Å². The first-order valence-electron chi connectivity index (χ1n) is 9.26. The highest BCUT2D eigenvalue weighted by Crippen LogP contribution is 2.32. The number of carbonyl (C=O) groups excluding carboxylic acids is 1. The van der Waals surface area contributed by atoms with Crippen LogP contribution in [0, 0.1) is 11.7 Å². The van der Waals surface area contributed by atoms with E-state index in [1.54, 1.807) is 12.1 Å². The average Bonchev–Trinajstić information content (AvgIpc) is 3.23. The summed E-state index contributed by atoms with van der Waals surface area (Å²) in [6.07, 6.45) is 5.75. The lowest BCUT2D eigenvalue weighted by Gasteiger charge is -2.29. The first-order valence-corrected chi connectivity index (χ1v) is 9.64. The zero-order valence-corrected chi connectivity index (χ0v) is 15.3. The molecule has 25 heavy (non-hydrogen) atoms. The Morgan fingerprint density at radius 2 is 2.08 bits per heavy atom. The molecule has 3 rings (SSSR count). The van der Waals surface area contributed by atoms with Crippen LogP contribution in [0.1, 0.15) is 50.1 Å². The van der Waals surface area contributed by atoms with Crippen molar-refractivity contribution in [1.82, 2.24) is 10.2 Å². The number of hydrogen-bond donors (Lipinski definition) is 2. The summed E-state index contributed by atoms with van der Waals surface area (Å²) in [4.78, 5) is 14.6. The summed E-state index contributed by atoms with van der Waals surface area (Å²) in [5.41, 5.74) is 6.55. The van der Waals surface area contributed by atoms with Crippen LogP contribution in [0.4, 0.5) is 4.39 Å². The molecule has 1 unspecified atom stereocenters. The zero-order valence-electron chi connectivity index (χ0n) is 14.5. The van der Waals surface area contributed by atoms with Gasteiger partial charge in [-0.3, -0.25) is 9.69 Å². The molecular formula is C19H27ClFN3O. The molecule has 1 aromatic rings. The number of likely N-dealkylation sites (tertiary alicyclic amines) is 1. The largest absolute Gasteiger partial charge is 0.354 e. The summed E-state index contributed by atoms with van der Waals surface area (Å²) in [5, 5.41) is 3.42. The van der Waals surface area contributed by atoms with Crippen molar-refractivity contribution in [2.45, 2.75) is 50.6 Å². The Morgan fingerprint density at radius 3 is 2.72 bits per heavy atom. The molecule has 1 aromatic carbocycles. The molecule has 0 radical (unpaired) electrons. The van der Waals surface area contributed by atoms with Gasteiger partial charge in [0.1, 0.15) is 5.82 Å². The van der Waals surface area contributed by atoms with Gasteiger partial charge in [-0.05, 0) is 56.8 Å². The maximum absolute atomic E-state index is 14.4. The second kappa shape index (κ2) is 8.47. The Labute approximate surface area is 153 Å². The van der Waals surface area contributed by atoms with Gasteiger partial charge in [-0.2, -0.15) is 0 Å². The first-order chi connectivity index (χ1) is 12.1. The highest BCUT2D eigenvalue weighted by Gasteiger charge is 2.29. The maximum atomic E-state index is 14.4. The van der Waals surface area contributed by atoms with E-state index in [0.29, 0.717) is 23.6 Å². The third kappa shape index (κ3) is 4.52. The highest BCUT2D eigenvalue weighted by atomic mass is 35.5. The van der Waals surface area contributed by atoms with E-state index in [1.165, 1.54) is 6.07 Å². The van der Waals surface area contributed by atoms with Crippen LogP contribution in [0.2, 0.25) is 5.02 Å². The number of nitrogens with two attached hydrogens (primary N) is 1. The molecule has 0 aromatic heterocycles. The summed E-state index contributed by atoms with van der Waals surface area (Å²) in [7, 11) is 0. The van der Waals surface area contributed by atoms with Crippen molar-refractivity contribution in [3.05, 3.63) is 34.6 Å². The van der Waals surface area contributed by atoms with Gasteiger partial charge < -0.3 is 11.1 Å². The molecule has 4 nitrogen and oxygen atoms in total. The Morgan fingerprint density at radius 1 is 1.32 bits per heavy atom. The molecule has 3 N–H and O–H groups in total. The zero-order chi connectivity index (χ0) is 17.8. The van der Waals surface area contributed by atoms with Gasteiger partial charge in [-0.15, -0.1) is 0 Å². The fourth-order valence-corrected chi connectivity index (χ4v) is 4.42. The number of carbonyl (C=O) groups is 1. The maximum Gasteiger partial charge on any atom is 0.220 e. The van der Waals surface area contributed by atoms with Crippen LogP contribution in [0.3, 0.4) is 0 Å². The van der Waals surface area contributed by atoms with E-state index >= 15 is 0 Å². The second-order valence-corrected chi connectivity index (χ2v) is 7.66. The van der Waals surface area contributed by atoms with Crippen LogP contribution in [0.5, 0.6) is 0 Å².